The molecule has 6 nitrogen and oxygen atoms in total. The van der Waals surface area contributed by atoms with Gasteiger partial charge in [-0.3, -0.25) is 24.2 Å². The van der Waals surface area contributed by atoms with Crippen LogP contribution in [0.3, 0.4) is 0 Å². The summed E-state index contributed by atoms with van der Waals surface area (Å²) in [5.41, 5.74) is 3.30. The highest BCUT2D eigenvalue weighted by atomic mass is 32.2. The van der Waals surface area contributed by atoms with Gasteiger partial charge in [-0.05, 0) is 55.0 Å². The van der Waals surface area contributed by atoms with Crippen LogP contribution in [0.4, 0.5) is 21.5 Å². The summed E-state index contributed by atoms with van der Waals surface area (Å²) < 4.78 is 13.5. The van der Waals surface area contributed by atoms with E-state index in [4.69, 9.17) is 0 Å². The van der Waals surface area contributed by atoms with E-state index in [0.29, 0.717) is 22.6 Å². The van der Waals surface area contributed by atoms with Gasteiger partial charge in [0, 0.05) is 16.9 Å². The third-order valence-electron chi connectivity index (χ3n) is 5.75. The number of nitrogens with zero attached hydrogens (tertiary/aromatic N) is 2. The number of aryl methyl sites for hydroxylation is 1. The largest absolute Gasteiger partial charge is 0.325 e. The number of carbonyl (C=O) groups is 3. The minimum absolute atomic E-state index is 0.0980. The summed E-state index contributed by atoms with van der Waals surface area (Å²) in [6.07, 6.45) is 0. The van der Waals surface area contributed by atoms with Crippen molar-refractivity contribution in [2.45, 2.75) is 11.8 Å². The second-order valence-corrected chi connectivity index (χ2v) is 9.13. The Balaban J connectivity index is 1.51. The SMILES string of the molecule is Cc1cccc(NC(=O)CN2C(=O)[C@]3(SCC(=O)N3c3ccc(F)cc3)c3ccccc32)c1. The zero-order chi connectivity index (χ0) is 23.2. The fourth-order valence-electron chi connectivity index (χ4n) is 4.37. The lowest BCUT2D eigenvalue weighted by molar-refractivity contribution is -0.124. The second-order valence-electron chi connectivity index (χ2n) is 7.96. The van der Waals surface area contributed by atoms with E-state index in [0.717, 1.165) is 5.56 Å². The Bertz CT molecular complexity index is 1280. The second kappa shape index (κ2) is 8.04. The van der Waals surface area contributed by atoms with E-state index in [1.807, 2.05) is 25.1 Å². The van der Waals surface area contributed by atoms with Gasteiger partial charge in [-0.1, -0.05) is 30.3 Å². The van der Waals surface area contributed by atoms with Gasteiger partial charge in [0.05, 0.1) is 11.4 Å². The normalized spacial score (nSPS) is 19.3. The smallest absolute Gasteiger partial charge is 0.269 e. The summed E-state index contributed by atoms with van der Waals surface area (Å²) in [5, 5.41) is 2.84. The predicted octanol–water partition coefficient (Wildman–Crippen LogP) is 4.05. The first-order valence-electron chi connectivity index (χ1n) is 10.4. The van der Waals surface area contributed by atoms with E-state index in [9.17, 15) is 18.8 Å². The van der Waals surface area contributed by atoms with E-state index in [2.05, 4.69) is 5.32 Å². The molecule has 166 valence electrons. The first-order chi connectivity index (χ1) is 15.9. The Morgan fingerprint density at radius 3 is 2.58 bits per heavy atom. The highest BCUT2D eigenvalue weighted by molar-refractivity contribution is 8.02. The van der Waals surface area contributed by atoms with Gasteiger partial charge in [-0.25, -0.2) is 4.39 Å². The molecule has 0 aliphatic carbocycles. The number of halogens is 1. The number of anilines is 3. The van der Waals surface area contributed by atoms with Crippen LogP contribution < -0.4 is 15.1 Å². The summed E-state index contributed by atoms with van der Waals surface area (Å²) >= 11 is 1.21. The molecule has 0 unspecified atom stereocenters. The molecule has 1 saturated heterocycles. The molecule has 0 saturated carbocycles. The third kappa shape index (κ3) is 3.47. The number of amides is 3. The van der Waals surface area contributed by atoms with Gasteiger partial charge in [-0.2, -0.15) is 0 Å². The number of hydrogen-bond acceptors (Lipinski definition) is 4. The fourth-order valence-corrected chi connectivity index (χ4v) is 5.73. The molecule has 0 bridgehead atoms. The molecule has 2 aliphatic rings. The monoisotopic (exact) mass is 461 g/mol. The van der Waals surface area contributed by atoms with Crippen LogP contribution in [0.1, 0.15) is 11.1 Å². The van der Waals surface area contributed by atoms with Crippen LogP contribution in [0.15, 0.2) is 72.8 Å². The highest BCUT2D eigenvalue weighted by Crippen LogP contribution is 2.55. The van der Waals surface area contributed by atoms with Crippen molar-refractivity contribution in [3.63, 3.8) is 0 Å². The zero-order valence-electron chi connectivity index (χ0n) is 17.7. The van der Waals surface area contributed by atoms with Crippen molar-refractivity contribution in [2.75, 3.05) is 27.4 Å². The summed E-state index contributed by atoms with van der Waals surface area (Å²) in [4.78, 5) is 41.2. The average Bonchev–Trinajstić information content (AvgIpc) is 3.26. The molecule has 1 spiro atoms. The number of rotatable bonds is 4. The Kier molecular flexibility index (Phi) is 5.17. The van der Waals surface area contributed by atoms with E-state index in [1.54, 1.807) is 30.3 Å². The number of fused-ring (bicyclic) bond motifs is 2. The minimum atomic E-state index is -1.34. The molecule has 3 aromatic rings. The van der Waals surface area contributed by atoms with Gasteiger partial charge in [0.25, 0.3) is 5.91 Å². The first kappa shape index (κ1) is 21.2. The molecule has 1 fully saturated rings. The molecule has 5 rings (SSSR count). The Hall–Kier alpha value is -3.65. The number of carbonyl (C=O) groups excluding carboxylic acids is 3. The highest BCUT2D eigenvalue weighted by Gasteiger charge is 2.61. The van der Waals surface area contributed by atoms with E-state index >= 15 is 0 Å². The maximum Gasteiger partial charge on any atom is 0.269 e. The van der Waals surface area contributed by atoms with Crippen molar-refractivity contribution in [2.24, 2.45) is 0 Å². The summed E-state index contributed by atoms with van der Waals surface area (Å²) in [7, 11) is 0. The van der Waals surface area contributed by atoms with Crippen LogP contribution in [-0.2, 0) is 19.3 Å². The molecule has 2 aliphatic heterocycles. The lowest BCUT2D eigenvalue weighted by atomic mass is 10.0. The van der Waals surface area contributed by atoms with Crippen LogP contribution in [0.5, 0.6) is 0 Å². The first-order valence-corrected chi connectivity index (χ1v) is 11.4. The van der Waals surface area contributed by atoms with E-state index in [-0.39, 0.29) is 30.0 Å². The fraction of sp³-hybridized carbons (Fsp3) is 0.160. The average molecular weight is 462 g/mol. The topological polar surface area (TPSA) is 69.7 Å². The van der Waals surface area contributed by atoms with Crippen molar-refractivity contribution in [1.29, 1.82) is 0 Å². The van der Waals surface area contributed by atoms with E-state index in [1.165, 1.54) is 45.8 Å². The molecule has 33 heavy (non-hydrogen) atoms. The van der Waals surface area contributed by atoms with Crippen molar-refractivity contribution in [3.05, 3.63) is 89.7 Å². The maximum atomic E-state index is 13.9. The molecule has 8 heteroatoms. The van der Waals surface area contributed by atoms with Crippen molar-refractivity contribution in [3.8, 4) is 0 Å². The number of benzene rings is 3. The molecular formula is C25H20FN3O3S. The van der Waals surface area contributed by atoms with Gasteiger partial charge < -0.3 is 5.32 Å². The van der Waals surface area contributed by atoms with Gasteiger partial charge >= 0.3 is 0 Å². The molecule has 2 heterocycles. The molecule has 3 aromatic carbocycles. The van der Waals surface area contributed by atoms with E-state index < -0.39 is 10.7 Å². The molecular weight excluding hydrogens is 441 g/mol. The van der Waals surface area contributed by atoms with Gasteiger partial charge in [0.1, 0.15) is 12.4 Å². The Morgan fingerprint density at radius 2 is 1.82 bits per heavy atom. The van der Waals surface area contributed by atoms with Gasteiger partial charge in [0.15, 0.2) is 0 Å². The predicted molar refractivity (Wildman–Crippen MR) is 127 cm³/mol. The number of nitrogens with one attached hydrogen (secondary N) is 1. The quantitative estimate of drug-likeness (QED) is 0.637. The number of hydrogen-bond donors (Lipinski definition) is 1. The summed E-state index contributed by atoms with van der Waals surface area (Å²) in [6.45, 7) is 1.73. The molecule has 0 radical (unpaired) electrons. The third-order valence-corrected chi connectivity index (χ3v) is 7.14. The molecule has 1 atom stereocenters. The summed E-state index contributed by atoms with van der Waals surface area (Å²) in [5.74, 6) is -1.30. The van der Waals surface area contributed by atoms with Crippen LogP contribution >= 0.6 is 11.8 Å². The molecule has 0 aromatic heterocycles. The molecule has 1 N–H and O–H groups in total. The van der Waals surface area contributed by atoms with Crippen LogP contribution in [0, 0.1) is 12.7 Å². The Morgan fingerprint density at radius 1 is 1.06 bits per heavy atom. The van der Waals surface area contributed by atoms with Gasteiger partial charge in [0.2, 0.25) is 16.7 Å². The maximum absolute atomic E-state index is 13.9. The van der Waals surface area contributed by atoms with Crippen molar-refractivity contribution < 1.29 is 18.8 Å². The van der Waals surface area contributed by atoms with Crippen LogP contribution in [-0.4, -0.2) is 30.0 Å². The lowest BCUT2D eigenvalue weighted by Crippen LogP contribution is -2.50. The lowest BCUT2D eigenvalue weighted by Gasteiger charge is -2.33. The van der Waals surface area contributed by atoms with Crippen LogP contribution in [0.2, 0.25) is 0 Å². The summed E-state index contributed by atoms with van der Waals surface area (Å²) in [6, 6.07) is 20.1. The van der Waals surface area contributed by atoms with Crippen molar-refractivity contribution in [1.82, 2.24) is 0 Å². The standard InChI is InChI=1S/C25H20FN3O3S/c1-16-5-4-6-18(13-16)27-22(30)14-28-21-8-3-2-7-20(21)25(24(28)32)29(23(31)15-33-25)19-11-9-17(26)10-12-19/h2-13H,14-15H2,1H3,(H,27,30)/t25-/m1/s1. The number of para-hydroxylation sites is 1. The molecule has 3 amide bonds. The zero-order valence-corrected chi connectivity index (χ0v) is 18.6. The Labute approximate surface area is 194 Å². The van der Waals surface area contributed by atoms with Gasteiger partial charge in [-0.15, -0.1) is 11.8 Å². The minimum Gasteiger partial charge on any atom is -0.325 e. The van der Waals surface area contributed by atoms with Crippen molar-refractivity contribution >= 4 is 46.5 Å². The number of thioether (sulfide) groups is 1. The van der Waals surface area contributed by atoms with Crippen LogP contribution in [0.25, 0.3) is 0 Å².